The number of benzene rings is 3. The van der Waals surface area contributed by atoms with E-state index in [2.05, 4.69) is 10.6 Å². The molecule has 0 spiro atoms. The van der Waals surface area contributed by atoms with Crippen LogP contribution in [0.15, 0.2) is 72.8 Å². The molecule has 1 aliphatic heterocycles. The normalized spacial score (nSPS) is 15.9. The van der Waals surface area contributed by atoms with Crippen molar-refractivity contribution in [3.05, 3.63) is 83.6 Å². The summed E-state index contributed by atoms with van der Waals surface area (Å²) in [6.07, 6.45) is 0.374. The van der Waals surface area contributed by atoms with Crippen LogP contribution < -0.4 is 14.4 Å². The van der Waals surface area contributed by atoms with Crippen LogP contribution in [-0.4, -0.2) is 35.7 Å². The number of ether oxygens (including phenoxy) is 2. The smallest absolute Gasteiger partial charge is 0.227 e. The number of rotatable bonds is 7. The van der Waals surface area contributed by atoms with E-state index in [0.29, 0.717) is 42.6 Å². The largest absolute Gasteiger partial charge is 0.495 e. The lowest BCUT2D eigenvalue weighted by Gasteiger charge is -2.20. The summed E-state index contributed by atoms with van der Waals surface area (Å²) in [4.78, 5) is 19.7. The van der Waals surface area contributed by atoms with E-state index in [1.54, 1.807) is 30.2 Å². The molecule has 4 aromatic rings. The molecular formula is C26H24ClN3O3. The maximum absolute atomic E-state index is 13.0. The molecule has 0 aliphatic carbocycles. The molecule has 7 heteroatoms. The lowest BCUT2D eigenvalue weighted by atomic mass is 10.1. The third-order valence-electron chi connectivity index (χ3n) is 5.93. The molecule has 168 valence electrons. The second-order valence-electron chi connectivity index (χ2n) is 7.99. The van der Waals surface area contributed by atoms with Gasteiger partial charge in [0.15, 0.2) is 0 Å². The fourth-order valence-corrected chi connectivity index (χ4v) is 4.57. The topological polar surface area (TPSA) is 56.6 Å². The van der Waals surface area contributed by atoms with E-state index in [1.165, 1.54) is 0 Å². The van der Waals surface area contributed by atoms with Crippen molar-refractivity contribution in [3.63, 3.8) is 0 Å². The first-order valence-electron chi connectivity index (χ1n) is 10.9. The van der Waals surface area contributed by atoms with E-state index in [1.807, 2.05) is 48.5 Å². The van der Waals surface area contributed by atoms with Gasteiger partial charge in [0.25, 0.3) is 0 Å². The molecule has 1 aliphatic rings. The summed E-state index contributed by atoms with van der Waals surface area (Å²) in [5.74, 6) is 2.33. The minimum atomic E-state index is -0.0506. The second kappa shape index (κ2) is 9.16. The summed E-state index contributed by atoms with van der Waals surface area (Å²) in [5.41, 5.74) is 2.64. The molecule has 2 heterocycles. The molecule has 1 atom stereocenters. The van der Waals surface area contributed by atoms with Crippen molar-refractivity contribution in [2.75, 3.05) is 25.2 Å². The van der Waals surface area contributed by atoms with E-state index in [0.717, 1.165) is 22.6 Å². The summed E-state index contributed by atoms with van der Waals surface area (Å²) in [7, 11) is 1.59. The van der Waals surface area contributed by atoms with Crippen LogP contribution in [0.4, 0.5) is 5.69 Å². The minimum absolute atomic E-state index is 0.0275. The highest BCUT2D eigenvalue weighted by Crippen LogP contribution is 2.38. The second-order valence-corrected chi connectivity index (χ2v) is 8.43. The van der Waals surface area contributed by atoms with Crippen molar-refractivity contribution in [2.24, 2.45) is 0 Å². The van der Waals surface area contributed by atoms with Gasteiger partial charge in [0.1, 0.15) is 23.9 Å². The highest BCUT2D eigenvalue weighted by atomic mass is 35.5. The van der Waals surface area contributed by atoms with Gasteiger partial charge in [0.2, 0.25) is 5.91 Å². The summed E-state index contributed by atoms with van der Waals surface area (Å²) in [6, 6.07) is 23.1. The zero-order chi connectivity index (χ0) is 22.8. The Morgan fingerprint density at radius 1 is 1.06 bits per heavy atom. The summed E-state index contributed by atoms with van der Waals surface area (Å²) in [6.45, 7) is 1.65. The lowest BCUT2D eigenvalue weighted by molar-refractivity contribution is -0.117. The lowest BCUT2D eigenvalue weighted by Crippen LogP contribution is -2.25. The Labute approximate surface area is 197 Å². The maximum Gasteiger partial charge on any atom is 0.227 e. The number of hydrogen-bond donors (Lipinski definition) is 0. The Bertz CT molecular complexity index is 1290. The highest BCUT2D eigenvalue weighted by Gasteiger charge is 2.36. The average molecular weight is 462 g/mol. The predicted molar refractivity (Wildman–Crippen MR) is 129 cm³/mol. The molecule has 3 aromatic carbocycles. The average Bonchev–Trinajstić information content (AvgIpc) is 3.40. The Morgan fingerprint density at radius 2 is 1.85 bits per heavy atom. The molecule has 0 unspecified atom stereocenters. The number of methoxy groups -OCH3 is 1. The zero-order valence-corrected chi connectivity index (χ0v) is 19.0. The SMILES string of the molecule is COc1ccc(Cl)cc1N1C[C@H](c2nc3ccccc3n2CCOc2ccccc2)CC1=O. The number of hydrogen-bond acceptors (Lipinski definition) is 4. The first kappa shape index (κ1) is 21.3. The first-order chi connectivity index (χ1) is 16.1. The van der Waals surface area contributed by atoms with Gasteiger partial charge < -0.3 is 18.9 Å². The van der Waals surface area contributed by atoms with E-state index in [4.69, 9.17) is 26.1 Å². The number of imidazole rings is 1. The van der Waals surface area contributed by atoms with Gasteiger partial charge in [-0.05, 0) is 42.5 Å². The quantitative estimate of drug-likeness (QED) is 0.375. The number of nitrogens with zero attached hydrogens (tertiary/aromatic N) is 3. The van der Waals surface area contributed by atoms with Gasteiger partial charge in [-0.3, -0.25) is 4.79 Å². The van der Waals surface area contributed by atoms with Crippen molar-refractivity contribution >= 4 is 34.2 Å². The van der Waals surface area contributed by atoms with E-state index < -0.39 is 0 Å². The van der Waals surface area contributed by atoms with E-state index in [-0.39, 0.29) is 11.8 Å². The van der Waals surface area contributed by atoms with Crippen LogP contribution in [0.2, 0.25) is 5.02 Å². The minimum Gasteiger partial charge on any atom is -0.495 e. The number of anilines is 1. The number of aromatic nitrogens is 2. The van der Waals surface area contributed by atoms with E-state index in [9.17, 15) is 4.79 Å². The molecule has 0 bridgehead atoms. The molecule has 0 radical (unpaired) electrons. The van der Waals surface area contributed by atoms with E-state index >= 15 is 0 Å². The van der Waals surface area contributed by atoms with Gasteiger partial charge >= 0.3 is 0 Å². The van der Waals surface area contributed by atoms with Crippen LogP contribution >= 0.6 is 11.6 Å². The van der Waals surface area contributed by atoms with Crippen LogP contribution in [0.1, 0.15) is 18.2 Å². The van der Waals surface area contributed by atoms with Gasteiger partial charge in [-0.15, -0.1) is 0 Å². The molecule has 33 heavy (non-hydrogen) atoms. The number of halogens is 1. The molecule has 0 N–H and O–H groups in total. The Morgan fingerprint density at radius 3 is 2.67 bits per heavy atom. The van der Waals surface area contributed by atoms with Gasteiger partial charge in [0, 0.05) is 23.9 Å². The molecule has 1 saturated heterocycles. The number of fused-ring (bicyclic) bond motifs is 1. The monoisotopic (exact) mass is 461 g/mol. The van der Waals surface area contributed by atoms with Crippen molar-refractivity contribution < 1.29 is 14.3 Å². The number of amides is 1. The van der Waals surface area contributed by atoms with Crippen LogP contribution in [0.5, 0.6) is 11.5 Å². The summed E-state index contributed by atoms with van der Waals surface area (Å²) < 4.78 is 13.6. The molecule has 1 amide bonds. The Kier molecular flexibility index (Phi) is 5.92. The van der Waals surface area contributed by atoms with Gasteiger partial charge in [-0.25, -0.2) is 4.98 Å². The molecule has 0 saturated carbocycles. The Balaban J connectivity index is 1.43. The van der Waals surface area contributed by atoms with Crippen LogP contribution in [-0.2, 0) is 11.3 Å². The number of para-hydroxylation sites is 3. The van der Waals surface area contributed by atoms with Gasteiger partial charge in [-0.2, -0.15) is 0 Å². The number of carbonyl (C=O) groups excluding carboxylic acids is 1. The summed E-state index contributed by atoms with van der Waals surface area (Å²) >= 11 is 6.22. The standard InChI is InChI=1S/C26H24ClN3O3/c1-32-24-12-11-19(27)16-23(24)30-17-18(15-25(30)31)26-28-21-9-5-6-10-22(21)29(26)13-14-33-20-7-3-2-4-8-20/h2-12,16,18H,13-15,17H2,1H3/t18-/m1/s1. The Hall–Kier alpha value is -3.51. The fourth-order valence-electron chi connectivity index (χ4n) is 4.40. The third kappa shape index (κ3) is 4.26. The van der Waals surface area contributed by atoms with Crippen molar-refractivity contribution in [1.82, 2.24) is 9.55 Å². The van der Waals surface area contributed by atoms with Crippen LogP contribution in [0, 0.1) is 0 Å². The fraction of sp³-hybridized carbons (Fsp3) is 0.231. The predicted octanol–water partition coefficient (Wildman–Crippen LogP) is 5.30. The zero-order valence-electron chi connectivity index (χ0n) is 18.3. The molecular weight excluding hydrogens is 438 g/mol. The van der Waals surface area contributed by atoms with Gasteiger partial charge in [0.05, 0.1) is 30.4 Å². The molecule has 1 fully saturated rings. The molecule has 1 aromatic heterocycles. The first-order valence-corrected chi connectivity index (χ1v) is 11.3. The summed E-state index contributed by atoms with van der Waals surface area (Å²) in [5, 5.41) is 0.562. The van der Waals surface area contributed by atoms with Crippen LogP contribution in [0.25, 0.3) is 11.0 Å². The van der Waals surface area contributed by atoms with Crippen molar-refractivity contribution in [1.29, 1.82) is 0 Å². The van der Waals surface area contributed by atoms with Crippen molar-refractivity contribution in [3.8, 4) is 11.5 Å². The van der Waals surface area contributed by atoms with Crippen LogP contribution in [0.3, 0.4) is 0 Å². The third-order valence-corrected chi connectivity index (χ3v) is 6.17. The molecule has 5 rings (SSSR count). The molecule has 6 nitrogen and oxygen atoms in total. The number of carbonyl (C=O) groups is 1. The maximum atomic E-state index is 13.0. The van der Waals surface area contributed by atoms with Crippen molar-refractivity contribution in [2.45, 2.75) is 18.9 Å². The van der Waals surface area contributed by atoms with Gasteiger partial charge in [-0.1, -0.05) is 41.9 Å². The highest BCUT2D eigenvalue weighted by molar-refractivity contribution is 6.31.